The molecule has 3 saturated heterocycles. The van der Waals surface area contributed by atoms with Crippen LogP contribution in [0, 0.1) is 5.82 Å². The lowest BCUT2D eigenvalue weighted by Gasteiger charge is -2.38. The zero-order valence-corrected chi connectivity index (χ0v) is 69.7. The van der Waals surface area contributed by atoms with Crippen molar-refractivity contribution in [3.05, 3.63) is 313 Å². The van der Waals surface area contributed by atoms with Crippen molar-refractivity contribution < 1.29 is 4.39 Å². The van der Waals surface area contributed by atoms with Gasteiger partial charge < -0.3 is 34.3 Å². The largest absolute Gasteiger partial charge is 0.350 e. The summed E-state index contributed by atoms with van der Waals surface area (Å²) in [5.74, 6) is 3.59. The molecule has 0 unspecified atom stereocenters. The van der Waals surface area contributed by atoms with Gasteiger partial charge in [-0.25, -0.2) is 4.39 Å². The molecule has 14 aromatic rings. The van der Waals surface area contributed by atoms with Gasteiger partial charge in [-0.2, -0.15) is 20.4 Å². The predicted octanol–water partition coefficient (Wildman–Crippen LogP) is 22.4. The first-order valence-electron chi connectivity index (χ1n) is 40.7. The Balaban J connectivity index is 0.000000148. The van der Waals surface area contributed by atoms with Crippen LogP contribution in [0.4, 0.5) is 27.7 Å². The SMILES string of the molecule is C.C.C.C=CCN(c1n[nH]c(-c2ccc(Cl)cc2)c1-c1ccncc1)C1CCN(C)CC1.C=CCN(c1n[nH]c(-c2ccc(F)cc2)c1-c1ccncc1)C1CCN(C)CC1.CN1CCC(N(Cc2ccccc2)c2n[nH]c(-c3ccc(Cl)cc3)c2-c2ccncc2)CC1.Clc1ccc(-c2[nH]nc(N3CCc4ccccc4C3)c2-c2ccncc2)cc1. The van der Waals surface area contributed by atoms with Crippen molar-refractivity contribution in [1.29, 1.82) is 0 Å². The van der Waals surface area contributed by atoms with Gasteiger partial charge in [-0.05, 0) is 253 Å². The van der Waals surface area contributed by atoms with Gasteiger partial charge in [0.2, 0.25) is 0 Å². The lowest BCUT2D eigenvalue weighted by molar-refractivity contribution is 0.248. The van der Waals surface area contributed by atoms with Crippen molar-refractivity contribution >= 4 is 58.1 Å². The standard InChI is InChI=1S/C27H28ClN5.C23H26ClN5.C23H19ClN4.C23H26FN5.3CH4/c1-32-17-13-24(14-18-32)33(19-20-5-3-2-4-6-20)27-25(21-11-15-29-16-12-21)26(30-31-27)22-7-9-23(28)10-8-22;1-3-14-29(20-10-15-28(2)16-11-20)23-21(17-8-12-25-13-9-17)22(26-27-23)18-4-6-19(24)7-5-18;24-20-7-5-18(6-8-20)22-21(17-9-12-25-13-10-17)23(27-26-22)28-14-11-16-3-1-2-4-19(16)15-28;1-3-14-29(20-10-15-28(2)16-11-20)23-21(17-8-12-25-13-9-17)22(26-27-23)18-4-6-19(24)7-5-18;;;/h2-12,15-16,24H,13-14,17-19H2,1H3,(H,30,31);3-9,12-13,20H,1,10-11,14-16H2,2H3,(H,26,27);1-10,12-13H,11,14-15H2,(H,26,27);3-9,12-13,20H,1,10-11,14-16H2,2H3,(H,26,27);3*1H4. The average molecular weight is 1690 g/mol. The maximum absolute atomic E-state index is 13.5. The number of hydrogen-bond acceptors (Lipinski definition) is 15. The fourth-order valence-corrected chi connectivity index (χ4v) is 16.9. The number of rotatable bonds is 21. The number of piperidine rings is 3. The Bertz CT molecular complexity index is 5380. The number of nitrogens with zero attached hydrogens (tertiary/aromatic N) is 15. The van der Waals surface area contributed by atoms with Gasteiger partial charge in [-0.1, -0.05) is 160 Å². The average Bonchev–Trinajstić information content (AvgIpc) is 2.21. The lowest BCUT2D eigenvalue weighted by Crippen LogP contribution is -2.44. The summed E-state index contributed by atoms with van der Waals surface area (Å²) in [6, 6.07) is 67.0. The summed E-state index contributed by atoms with van der Waals surface area (Å²) in [5, 5.41) is 34.5. The van der Waals surface area contributed by atoms with E-state index in [-0.39, 0.29) is 28.1 Å². The van der Waals surface area contributed by atoms with E-state index in [9.17, 15) is 4.39 Å². The Hall–Kier alpha value is -11.9. The number of pyridine rings is 4. The Morgan fingerprint density at radius 1 is 0.369 bits per heavy atom. The number of aromatic amines is 4. The Morgan fingerprint density at radius 2 is 0.680 bits per heavy atom. The van der Waals surface area contributed by atoms with Crippen LogP contribution in [0.25, 0.3) is 89.5 Å². The molecular formula is C99H111Cl3FN19. The third-order valence-electron chi connectivity index (χ3n) is 22.9. The molecule has 0 bridgehead atoms. The minimum Gasteiger partial charge on any atom is -0.350 e. The van der Waals surface area contributed by atoms with Crippen LogP contribution in [-0.4, -0.2) is 174 Å². The fourth-order valence-electron chi connectivity index (χ4n) is 16.5. The summed E-state index contributed by atoms with van der Waals surface area (Å²) < 4.78 is 13.5. The van der Waals surface area contributed by atoms with E-state index in [0.717, 1.165) is 245 Å². The minimum absolute atomic E-state index is 0. The highest BCUT2D eigenvalue weighted by Crippen LogP contribution is 2.45. The molecular weight excluding hydrogens is 1580 g/mol. The van der Waals surface area contributed by atoms with E-state index in [4.69, 9.17) is 55.2 Å². The molecule has 19 nitrogen and oxygen atoms in total. The molecule has 0 radical (unpaired) electrons. The second kappa shape index (κ2) is 43.1. The number of H-pyrrole nitrogens is 4. The highest BCUT2D eigenvalue weighted by atomic mass is 35.5. The van der Waals surface area contributed by atoms with Crippen molar-refractivity contribution in [2.24, 2.45) is 0 Å². The van der Waals surface area contributed by atoms with E-state index in [1.807, 2.05) is 159 Å². The smallest absolute Gasteiger partial charge is 0.159 e. The molecule has 0 saturated carbocycles. The van der Waals surface area contributed by atoms with Gasteiger partial charge in [-0.15, -0.1) is 13.2 Å². The van der Waals surface area contributed by atoms with E-state index in [0.29, 0.717) is 18.1 Å². The number of hydrogen-bond donors (Lipinski definition) is 4. The molecule has 6 aromatic carbocycles. The molecule has 0 atom stereocenters. The van der Waals surface area contributed by atoms with Gasteiger partial charge >= 0.3 is 0 Å². The summed E-state index contributed by atoms with van der Waals surface area (Å²) in [6.07, 6.45) is 26.1. The normalized spacial score (nSPS) is 14.4. The first-order valence-corrected chi connectivity index (χ1v) is 41.9. The molecule has 630 valence electrons. The summed E-state index contributed by atoms with van der Waals surface area (Å²) in [6.45, 7) is 18.6. The van der Waals surface area contributed by atoms with Gasteiger partial charge in [0.05, 0.1) is 45.0 Å². The van der Waals surface area contributed by atoms with Crippen molar-refractivity contribution in [2.45, 2.75) is 98.4 Å². The van der Waals surface area contributed by atoms with Gasteiger partial charge in [-0.3, -0.25) is 40.3 Å². The maximum Gasteiger partial charge on any atom is 0.159 e. The van der Waals surface area contributed by atoms with Gasteiger partial charge in [0.25, 0.3) is 0 Å². The molecule has 0 spiro atoms. The van der Waals surface area contributed by atoms with Crippen LogP contribution in [0.5, 0.6) is 0 Å². The third-order valence-corrected chi connectivity index (χ3v) is 23.6. The van der Waals surface area contributed by atoms with E-state index in [2.05, 4.69) is 176 Å². The molecule has 0 amide bonds. The lowest BCUT2D eigenvalue weighted by atomic mass is 9.97. The maximum atomic E-state index is 13.5. The number of anilines is 4. The number of nitrogens with one attached hydrogen (secondary N) is 4. The molecule has 8 aromatic heterocycles. The first-order chi connectivity index (χ1) is 58.3. The molecule has 4 aliphatic heterocycles. The molecule has 12 heterocycles. The van der Waals surface area contributed by atoms with Gasteiger partial charge in [0, 0.05) is 138 Å². The second-order valence-corrected chi connectivity index (χ2v) is 32.0. The number of likely N-dealkylation sites (tertiary alicyclic amines) is 3. The summed E-state index contributed by atoms with van der Waals surface area (Å²) >= 11 is 18.4. The quantitative estimate of drug-likeness (QED) is 0.0497. The van der Waals surface area contributed by atoms with Crippen molar-refractivity contribution in [2.75, 3.05) is 99.6 Å². The minimum atomic E-state index is -0.251. The van der Waals surface area contributed by atoms with Crippen LogP contribution in [-0.2, 0) is 19.5 Å². The van der Waals surface area contributed by atoms with Crippen LogP contribution in [0.3, 0.4) is 0 Å². The Morgan fingerprint density at radius 3 is 1.05 bits per heavy atom. The molecule has 122 heavy (non-hydrogen) atoms. The Labute approximate surface area is 733 Å². The number of aromatic nitrogens is 12. The Kier molecular flexibility index (Phi) is 31.5. The van der Waals surface area contributed by atoms with E-state index < -0.39 is 0 Å². The van der Waals surface area contributed by atoms with Crippen molar-refractivity contribution in [1.82, 2.24) is 75.4 Å². The second-order valence-electron chi connectivity index (χ2n) is 30.7. The molecule has 3 fully saturated rings. The first kappa shape index (κ1) is 89.4. The van der Waals surface area contributed by atoms with Gasteiger partial charge in [0.1, 0.15) is 5.82 Å². The van der Waals surface area contributed by atoms with Crippen LogP contribution in [0.2, 0.25) is 15.1 Å². The molecule has 4 N–H and O–H groups in total. The highest BCUT2D eigenvalue weighted by molar-refractivity contribution is 6.31. The van der Waals surface area contributed by atoms with Crippen LogP contribution < -0.4 is 19.6 Å². The predicted molar refractivity (Wildman–Crippen MR) is 505 cm³/mol. The van der Waals surface area contributed by atoms with Crippen molar-refractivity contribution in [3.63, 3.8) is 0 Å². The topological polar surface area (TPSA) is 189 Å². The zero-order chi connectivity index (χ0) is 82.0. The van der Waals surface area contributed by atoms with E-state index in [1.54, 1.807) is 24.5 Å². The van der Waals surface area contributed by atoms with E-state index >= 15 is 0 Å². The monoisotopic (exact) mass is 1690 g/mol. The number of fused-ring (bicyclic) bond motifs is 1. The van der Waals surface area contributed by atoms with Crippen LogP contribution in [0.1, 0.15) is 77.5 Å². The zero-order valence-electron chi connectivity index (χ0n) is 67.4. The highest BCUT2D eigenvalue weighted by Gasteiger charge is 2.34. The molecule has 18 rings (SSSR count). The molecule has 0 aliphatic carbocycles. The van der Waals surface area contributed by atoms with Crippen LogP contribution >= 0.6 is 34.8 Å². The third kappa shape index (κ3) is 21.5. The van der Waals surface area contributed by atoms with Crippen LogP contribution in [0.15, 0.2) is 275 Å². The van der Waals surface area contributed by atoms with E-state index in [1.165, 1.54) is 28.8 Å². The fraction of sp³-hybridized carbons (Fsp3) is 0.273. The molecule has 23 heteroatoms. The summed E-state index contributed by atoms with van der Waals surface area (Å²) in [5.41, 5.74) is 20.7. The molecule has 4 aliphatic rings. The van der Waals surface area contributed by atoms with Gasteiger partial charge in [0.15, 0.2) is 23.3 Å². The number of halogens is 4. The number of benzene rings is 6. The summed E-state index contributed by atoms with van der Waals surface area (Å²) in [7, 11) is 6.55. The van der Waals surface area contributed by atoms with Crippen molar-refractivity contribution in [3.8, 4) is 89.5 Å². The summed E-state index contributed by atoms with van der Waals surface area (Å²) in [4.78, 5) is 33.5.